The molecule has 0 radical (unpaired) electrons. The average molecular weight is 519 g/mol. The van der Waals surface area contributed by atoms with E-state index < -0.39 is 10.0 Å². The molecule has 13 heteroatoms. The highest BCUT2D eigenvalue weighted by Crippen LogP contribution is 2.30. The first kappa shape index (κ1) is 24.3. The molecule has 2 aromatic heterocycles. The van der Waals surface area contributed by atoms with Crippen LogP contribution in [0, 0.1) is 11.3 Å². The standard InChI is InChI=1S/C24H26N10O2S/c1-33-9-11-34(12-10-33)23-18-8-7-17(13-21(18)30-31-23)27-24-26-15-16(14-25)22(29-24)28-19-5-3-4-6-20(19)32-37(2,35)36/h3-8,13,15,32H,9-12H2,1-2H3,(H,30,31)(H2,26,27,28,29). The largest absolute Gasteiger partial charge is 0.352 e. The number of nitrogens with one attached hydrogen (secondary N) is 4. The number of rotatable bonds is 7. The third-order valence-electron chi connectivity index (χ3n) is 5.99. The topological polar surface area (TPSA) is 155 Å². The lowest BCUT2D eigenvalue weighted by Gasteiger charge is -2.32. The number of H-pyrrole nitrogens is 1. The number of benzene rings is 2. The zero-order chi connectivity index (χ0) is 26.0. The SMILES string of the molecule is CN1CCN(c2n[nH]c3cc(Nc4ncc(C#N)c(Nc5ccccc5NS(C)(=O)=O)n4)ccc23)CC1. The molecule has 0 amide bonds. The summed E-state index contributed by atoms with van der Waals surface area (Å²) < 4.78 is 25.9. The molecule has 0 aliphatic carbocycles. The number of para-hydroxylation sites is 2. The van der Waals surface area contributed by atoms with E-state index in [2.05, 4.69) is 58.4 Å². The van der Waals surface area contributed by atoms with Gasteiger partial charge in [-0.1, -0.05) is 12.1 Å². The molecule has 5 rings (SSSR count). The number of aromatic nitrogens is 4. The number of aromatic amines is 1. The molecule has 1 aliphatic heterocycles. The van der Waals surface area contributed by atoms with E-state index in [1.807, 2.05) is 18.2 Å². The van der Waals surface area contributed by atoms with Gasteiger partial charge in [0.1, 0.15) is 11.6 Å². The van der Waals surface area contributed by atoms with Gasteiger partial charge in [-0.25, -0.2) is 13.4 Å². The number of piperazine rings is 1. The molecule has 1 fully saturated rings. The predicted molar refractivity (Wildman–Crippen MR) is 144 cm³/mol. The van der Waals surface area contributed by atoms with Crippen LogP contribution in [0.5, 0.6) is 0 Å². The van der Waals surface area contributed by atoms with E-state index in [0.29, 0.717) is 11.4 Å². The first-order chi connectivity index (χ1) is 17.8. The molecular formula is C24H26N10O2S. The molecule has 12 nitrogen and oxygen atoms in total. The minimum absolute atomic E-state index is 0.209. The van der Waals surface area contributed by atoms with Gasteiger partial charge in [0.25, 0.3) is 0 Å². The molecule has 0 atom stereocenters. The van der Waals surface area contributed by atoms with Crippen LogP contribution in [0.2, 0.25) is 0 Å². The van der Waals surface area contributed by atoms with Crippen molar-refractivity contribution in [1.82, 2.24) is 25.1 Å². The lowest BCUT2D eigenvalue weighted by molar-refractivity contribution is 0.312. The van der Waals surface area contributed by atoms with E-state index in [-0.39, 0.29) is 17.3 Å². The summed E-state index contributed by atoms with van der Waals surface area (Å²) in [5.74, 6) is 1.45. The third kappa shape index (κ3) is 5.55. The Balaban J connectivity index is 1.38. The fourth-order valence-corrected chi connectivity index (χ4v) is 4.68. The number of hydrogen-bond acceptors (Lipinski definition) is 10. The van der Waals surface area contributed by atoms with E-state index in [1.165, 1.54) is 6.20 Å². The number of anilines is 6. The second-order valence-corrected chi connectivity index (χ2v) is 10.6. The maximum Gasteiger partial charge on any atom is 0.229 e. The van der Waals surface area contributed by atoms with Crippen molar-refractivity contribution in [1.29, 1.82) is 5.26 Å². The summed E-state index contributed by atoms with van der Waals surface area (Å²) in [6.07, 6.45) is 2.48. The van der Waals surface area contributed by atoms with Gasteiger partial charge in [0.05, 0.1) is 29.3 Å². The number of hydrogen-bond donors (Lipinski definition) is 4. The number of likely N-dealkylation sites (N-methyl/N-ethyl adjacent to an activating group) is 1. The Morgan fingerprint density at radius 2 is 1.81 bits per heavy atom. The molecule has 3 heterocycles. The molecule has 0 unspecified atom stereocenters. The minimum Gasteiger partial charge on any atom is -0.352 e. The van der Waals surface area contributed by atoms with Crippen molar-refractivity contribution in [2.45, 2.75) is 0 Å². The van der Waals surface area contributed by atoms with E-state index in [0.717, 1.165) is 54.8 Å². The summed E-state index contributed by atoms with van der Waals surface area (Å²) in [5, 5.41) is 24.5. The van der Waals surface area contributed by atoms with Gasteiger partial charge in [0.2, 0.25) is 16.0 Å². The second-order valence-electron chi connectivity index (χ2n) is 8.84. The molecule has 0 bridgehead atoms. The minimum atomic E-state index is -3.50. The Morgan fingerprint density at radius 1 is 1.05 bits per heavy atom. The van der Waals surface area contributed by atoms with Crippen LogP contribution in [0.3, 0.4) is 0 Å². The zero-order valence-corrected chi connectivity index (χ0v) is 21.2. The predicted octanol–water partition coefficient (Wildman–Crippen LogP) is 2.84. The van der Waals surface area contributed by atoms with Crippen LogP contribution in [0.1, 0.15) is 5.56 Å². The van der Waals surface area contributed by atoms with Crippen LogP contribution >= 0.6 is 0 Å². The molecule has 37 heavy (non-hydrogen) atoms. The van der Waals surface area contributed by atoms with Crippen LogP contribution in [0.25, 0.3) is 10.9 Å². The normalized spacial score (nSPS) is 14.4. The van der Waals surface area contributed by atoms with Gasteiger partial charge in [0, 0.05) is 37.3 Å². The monoisotopic (exact) mass is 518 g/mol. The fraction of sp³-hybridized carbons (Fsp3) is 0.250. The summed E-state index contributed by atoms with van der Waals surface area (Å²) in [4.78, 5) is 13.3. The van der Waals surface area contributed by atoms with Gasteiger partial charge in [-0.05, 0) is 37.4 Å². The van der Waals surface area contributed by atoms with E-state index >= 15 is 0 Å². The first-order valence-electron chi connectivity index (χ1n) is 11.6. The van der Waals surface area contributed by atoms with Crippen molar-refractivity contribution in [2.75, 3.05) is 59.7 Å². The quantitative estimate of drug-likeness (QED) is 0.287. The highest BCUT2D eigenvalue weighted by molar-refractivity contribution is 7.92. The Labute approximate surface area is 214 Å². The van der Waals surface area contributed by atoms with Gasteiger partial charge >= 0.3 is 0 Å². The molecule has 4 aromatic rings. The van der Waals surface area contributed by atoms with Crippen molar-refractivity contribution in [3.05, 3.63) is 54.2 Å². The van der Waals surface area contributed by atoms with Crippen LogP contribution in [0.4, 0.5) is 34.6 Å². The van der Waals surface area contributed by atoms with Crippen molar-refractivity contribution in [3.63, 3.8) is 0 Å². The summed E-state index contributed by atoms with van der Waals surface area (Å²) in [6.45, 7) is 3.84. The number of nitrogens with zero attached hydrogens (tertiary/aromatic N) is 6. The van der Waals surface area contributed by atoms with Crippen molar-refractivity contribution in [3.8, 4) is 6.07 Å². The highest BCUT2D eigenvalue weighted by Gasteiger charge is 2.19. The summed E-state index contributed by atoms with van der Waals surface area (Å²) >= 11 is 0. The van der Waals surface area contributed by atoms with Gasteiger partial charge in [0.15, 0.2) is 11.6 Å². The Bertz CT molecular complexity index is 1590. The molecule has 190 valence electrons. The molecule has 1 saturated heterocycles. The molecular weight excluding hydrogens is 492 g/mol. The number of sulfonamides is 1. The van der Waals surface area contributed by atoms with Gasteiger partial charge < -0.3 is 20.4 Å². The maximum absolute atomic E-state index is 11.7. The van der Waals surface area contributed by atoms with Crippen LogP contribution in [0.15, 0.2) is 48.7 Å². The molecule has 0 saturated carbocycles. The highest BCUT2D eigenvalue weighted by atomic mass is 32.2. The second kappa shape index (κ2) is 9.92. The van der Waals surface area contributed by atoms with E-state index in [1.54, 1.807) is 24.3 Å². The third-order valence-corrected chi connectivity index (χ3v) is 6.58. The summed E-state index contributed by atoms with van der Waals surface area (Å²) in [6, 6.07) is 14.7. The molecule has 1 aliphatic rings. The fourth-order valence-electron chi connectivity index (χ4n) is 4.10. The Morgan fingerprint density at radius 3 is 2.54 bits per heavy atom. The van der Waals surface area contributed by atoms with Gasteiger partial charge in [-0.2, -0.15) is 15.3 Å². The Kier molecular flexibility index (Phi) is 6.51. The maximum atomic E-state index is 11.7. The van der Waals surface area contributed by atoms with E-state index in [9.17, 15) is 13.7 Å². The lowest BCUT2D eigenvalue weighted by Crippen LogP contribution is -2.44. The van der Waals surface area contributed by atoms with Crippen molar-refractivity contribution >= 4 is 55.6 Å². The molecule has 2 aromatic carbocycles. The number of nitriles is 1. The van der Waals surface area contributed by atoms with Crippen LogP contribution < -0.4 is 20.3 Å². The molecule has 4 N–H and O–H groups in total. The average Bonchev–Trinajstić information content (AvgIpc) is 3.28. The number of fused-ring (bicyclic) bond motifs is 1. The summed E-state index contributed by atoms with van der Waals surface area (Å²) in [5.41, 5.74) is 2.62. The Hall–Kier alpha value is -4.41. The smallest absolute Gasteiger partial charge is 0.229 e. The van der Waals surface area contributed by atoms with Crippen molar-refractivity contribution < 1.29 is 8.42 Å². The van der Waals surface area contributed by atoms with Crippen molar-refractivity contribution in [2.24, 2.45) is 0 Å². The lowest BCUT2D eigenvalue weighted by atomic mass is 10.2. The van der Waals surface area contributed by atoms with Gasteiger partial charge in [-0.15, -0.1) is 0 Å². The first-order valence-corrected chi connectivity index (χ1v) is 13.5. The summed E-state index contributed by atoms with van der Waals surface area (Å²) in [7, 11) is -1.38. The van der Waals surface area contributed by atoms with Crippen LogP contribution in [-0.2, 0) is 10.0 Å². The van der Waals surface area contributed by atoms with Gasteiger partial charge in [-0.3, -0.25) is 9.82 Å². The van der Waals surface area contributed by atoms with E-state index in [4.69, 9.17) is 0 Å². The molecule has 0 spiro atoms. The van der Waals surface area contributed by atoms with Crippen LogP contribution in [-0.4, -0.2) is 73.0 Å². The zero-order valence-electron chi connectivity index (χ0n) is 20.4.